The maximum Gasteiger partial charge on any atom is 0.322 e. The molecule has 0 radical (unpaired) electrons. The summed E-state index contributed by atoms with van der Waals surface area (Å²) in [7, 11) is -4.75. The molecule has 9 heteroatoms. The third-order valence-corrected chi connectivity index (χ3v) is 6.80. The summed E-state index contributed by atoms with van der Waals surface area (Å²) < 4.78 is 67.4. The highest BCUT2D eigenvalue weighted by Gasteiger charge is 2.52. The molecule has 1 aliphatic heterocycles. The molecule has 3 unspecified atom stereocenters. The van der Waals surface area contributed by atoms with Crippen molar-refractivity contribution in [2.75, 3.05) is 0 Å². The van der Waals surface area contributed by atoms with Gasteiger partial charge in [0.2, 0.25) is 10.0 Å². The Labute approximate surface area is 137 Å². The first-order valence-corrected chi connectivity index (χ1v) is 9.08. The SMILES string of the molecule is O=C(O)C1CC2CCCCC2N1S(=O)(=O)c1c(F)cc(F)cc1F. The lowest BCUT2D eigenvalue weighted by molar-refractivity contribution is -0.141. The third kappa shape index (κ3) is 2.69. The van der Waals surface area contributed by atoms with Crippen molar-refractivity contribution in [3.05, 3.63) is 29.6 Å². The number of rotatable bonds is 3. The van der Waals surface area contributed by atoms with E-state index in [2.05, 4.69) is 0 Å². The number of carbonyl (C=O) groups is 1. The minimum Gasteiger partial charge on any atom is -0.480 e. The van der Waals surface area contributed by atoms with Crippen molar-refractivity contribution in [1.82, 2.24) is 4.31 Å². The van der Waals surface area contributed by atoms with E-state index in [0.29, 0.717) is 19.3 Å². The number of hydrogen-bond acceptors (Lipinski definition) is 3. The highest BCUT2D eigenvalue weighted by Crippen LogP contribution is 2.43. The molecule has 24 heavy (non-hydrogen) atoms. The molecule has 0 aromatic heterocycles. The fourth-order valence-corrected chi connectivity index (χ4v) is 5.82. The zero-order valence-corrected chi connectivity index (χ0v) is 13.4. The van der Waals surface area contributed by atoms with Crippen LogP contribution in [0.3, 0.4) is 0 Å². The van der Waals surface area contributed by atoms with Crippen LogP contribution >= 0.6 is 0 Å². The van der Waals surface area contributed by atoms with E-state index in [1.165, 1.54) is 0 Å². The van der Waals surface area contributed by atoms with E-state index < -0.39 is 50.4 Å². The van der Waals surface area contributed by atoms with Crippen molar-refractivity contribution in [2.45, 2.75) is 49.1 Å². The second-order valence-corrected chi connectivity index (χ2v) is 8.02. The Morgan fingerprint density at radius 1 is 1.12 bits per heavy atom. The molecule has 5 nitrogen and oxygen atoms in total. The molecule has 1 saturated carbocycles. The van der Waals surface area contributed by atoms with Gasteiger partial charge >= 0.3 is 5.97 Å². The number of halogens is 3. The summed E-state index contributed by atoms with van der Waals surface area (Å²) in [6.07, 6.45) is 2.81. The van der Waals surface area contributed by atoms with Gasteiger partial charge < -0.3 is 5.11 Å². The molecule has 1 N–H and O–H groups in total. The van der Waals surface area contributed by atoms with Crippen molar-refractivity contribution in [1.29, 1.82) is 0 Å². The predicted molar refractivity (Wildman–Crippen MR) is 77.1 cm³/mol. The van der Waals surface area contributed by atoms with Gasteiger partial charge in [-0.3, -0.25) is 4.79 Å². The third-order valence-electron chi connectivity index (χ3n) is 4.81. The van der Waals surface area contributed by atoms with Crippen LogP contribution in [0.5, 0.6) is 0 Å². The first-order valence-electron chi connectivity index (χ1n) is 7.64. The van der Waals surface area contributed by atoms with E-state index in [1.54, 1.807) is 0 Å². The van der Waals surface area contributed by atoms with Gasteiger partial charge in [-0.05, 0) is 25.2 Å². The quantitative estimate of drug-likeness (QED) is 0.895. The van der Waals surface area contributed by atoms with Crippen LogP contribution in [0, 0.1) is 23.4 Å². The normalized spacial score (nSPS) is 27.9. The van der Waals surface area contributed by atoms with Crippen molar-refractivity contribution >= 4 is 16.0 Å². The van der Waals surface area contributed by atoms with Crippen molar-refractivity contribution in [2.24, 2.45) is 5.92 Å². The average Bonchev–Trinajstić information content (AvgIpc) is 2.86. The van der Waals surface area contributed by atoms with E-state index in [1.807, 2.05) is 0 Å². The number of hydrogen-bond donors (Lipinski definition) is 1. The molecule has 3 rings (SSSR count). The number of aliphatic carboxylic acids is 1. The summed E-state index contributed by atoms with van der Waals surface area (Å²) in [5, 5.41) is 9.37. The molecule has 1 aliphatic carbocycles. The molecule has 0 amide bonds. The van der Waals surface area contributed by atoms with E-state index in [4.69, 9.17) is 0 Å². The van der Waals surface area contributed by atoms with Gasteiger partial charge in [0.25, 0.3) is 0 Å². The monoisotopic (exact) mass is 363 g/mol. The minimum atomic E-state index is -4.75. The average molecular weight is 363 g/mol. The molecular weight excluding hydrogens is 347 g/mol. The summed E-state index contributed by atoms with van der Waals surface area (Å²) in [6.45, 7) is 0. The number of carboxylic acid groups (broad SMARTS) is 1. The summed E-state index contributed by atoms with van der Waals surface area (Å²) in [4.78, 5) is 10.2. The fraction of sp³-hybridized carbons (Fsp3) is 0.533. The molecule has 1 aromatic carbocycles. The standard InChI is InChI=1S/C15H16F3NO4S/c16-9-6-10(17)14(11(18)7-9)24(22,23)19-12-4-2-1-3-8(12)5-13(19)15(20)21/h6-8,12-13H,1-5H2,(H,20,21). The molecule has 1 heterocycles. The van der Waals surface area contributed by atoms with Crippen LogP contribution in [0.1, 0.15) is 32.1 Å². The Bertz CT molecular complexity index is 760. The summed E-state index contributed by atoms with van der Waals surface area (Å²) >= 11 is 0. The molecular formula is C15H16F3NO4S. The first kappa shape index (κ1) is 17.2. The number of benzene rings is 1. The van der Waals surface area contributed by atoms with E-state index in [9.17, 15) is 31.5 Å². The maximum atomic E-state index is 14.0. The number of fused-ring (bicyclic) bond motifs is 1. The minimum absolute atomic E-state index is 0.115. The van der Waals surface area contributed by atoms with Gasteiger partial charge in [-0.15, -0.1) is 0 Å². The van der Waals surface area contributed by atoms with Crippen LogP contribution in [0.4, 0.5) is 13.2 Å². The van der Waals surface area contributed by atoms with Gasteiger partial charge in [0.15, 0.2) is 4.90 Å². The molecule has 0 bridgehead atoms. The smallest absolute Gasteiger partial charge is 0.322 e. The Hall–Kier alpha value is -1.61. The van der Waals surface area contributed by atoms with Crippen LogP contribution < -0.4 is 0 Å². The summed E-state index contributed by atoms with van der Waals surface area (Å²) in [5.41, 5.74) is 0. The Balaban J connectivity index is 2.12. The highest BCUT2D eigenvalue weighted by atomic mass is 32.2. The van der Waals surface area contributed by atoms with Crippen LogP contribution in [0.2, 0.25) is 0 Å². The Morgan fingerprint density at radius 2 is 1.71 bits per heavy atom. The molecule has 3 atom stereocenters. The molecule has 0 spiro atoms. The summed E-state index contributed by atoms with van der Waals surface area (Å²) in [6, 6.07) is -1.42. The maximum absolute atomic E-state index is 14.0. The molecule has 132 valence electrons. The molecule has 1 aromatic rings. The number of nitrogens with zero attached hydrogens (tertiary/aromatic N) is 1. The Morgan fingerprint density at radius 3 is 2.29 bits per heavy atom. The van der Waals surface area contributed by atoms with Crippen LogP contribution in [-0.2, 0) is 14.8 Å². The first-order chi connectivity index (χ1) is 11.2. The topological polar surface area (TPSA) is 74.7 Å². The van der Waals surface area contributed by atoms with Crippen LogP contribution in [-0.4, -0.2) is 35.9 Å². The molecule has 2 fully saturated rings. The van der Waals surface area contributed by atoms with Crippen molar-refractivity contribution < 1.29 is 31.5 Å². The van der Waals surface area contributed by atoms with Gasteiger partial charge in [-0.25, -0.2) is 21.6 Å². The van der Waals surface area contributed by atoms with Gasteiger partial charge in [0.1, 0.15) is 23.5 Å². The highest BCUT2D eigenvalue weighted by molar-refractivity contribution is 7.89. The molecule has 1 saturated heterocycles. The van der Waals surface area contributed by atoms with E-state index in [-0.39, 0.29) is 24.5 Å². The molecule has 2 aliphatic rings. The lowest BCUT2D eigenvalue weighted by atomic mass is 9.85. The van der Waals surface area contributed by atoms with Crippen LogP contribution in [0.15, 0.2) is 17.0 Å². The number of carboxylic acids is 1. The zero-order chi connectivity index (χ0) is 17.6. The van der Waals surface area contributed by atoms with E-state index >= 15 is 0 Å². The van der Waals surface area contributed by atoms with Crippen molar-refractivity contribution in [3.63, 3.8) is 0 Å². The van der Waals surface area contributed by atoms with Gasteiger partial charge in [0, 0.05) is 18.2 Å². The summed E-state index contributed by atoms with van der Waals surface area (Å²) in [5.74, 6) is -5.86. The Kier molecular flexibility index (Phi) is 4.33. The van der Waals surface area contributed by atoms with Gasteiger partial charge in [-0.2, -0.15) is 4.31 Å². The second kappa shape index (κ2) is 6.03. The zero-order valence-electron chi connectivity index (χ0n) is 12.6. The lowest BCUT2D eigenvalue weighted by Crippen LogP contribution is -2.46. The predicted octanol–water partition coefficient (Wildman–Crippen LogP) is 2.51. The van der Waals surface area contributed by atoms with Crippen LogP contribution in [0.25, 0.3) is 0 Å². The van der Waals surface area contributed by atoms with Gasteiger partial charge in [0.05, 0.1) is 0 Å². The van der Waals surface area contributed by atoms with Crippen molar-refractivity contribution in [3.8, 4) is 0 Å². The second-order valence-electron chi connectivity index (χ2n) is 6.24. The lowest BCUT2D eigenvalue weighted by Gasteiger charge is -2.32. The van der Waals surface area contributed by atoms with Gasteiger partial charge in [-0.1, -0.05) is 12.8 Å². The fourth-order valence-electron chi connectivity index (χ4n) is 3.86. The van der Waals surface area contributed by atoms with E-state index in [0.717, 1.165) is 10.7 Å². The largest absolute Gasteiger partial charge is 0.480 e. The number of sulfonamides is 1.